The third-order valence-electron chi connectivity index (χ3n) is 6.33. The van der Waals surface area contributed by atoms with Crippen LogP contribution >= 0.6 is 0 Å². The minimum absolute atomic E-state index is 0.00307. The summed E-state index contributed by atoms with van der Waals surface area (Å²) >= 11 is 0. The number of piperidine rings is 1. The predicted octanol–water partition coefficient (Wildman–Crippen LogP) is 3.27. The Morgan fingerprint density at radius 3 is 2.69 bits per heavy atom. The zero-order valence-corrected chi connectivity index (χ0v) is 21.6. The highest BCUT2D eigenvalue weighted by atomic mass is 32.2. The molecule has 188 valence electrons. The maximum absolute atomic E-state index is 12.3. The second kappa shape index (κ2) is 9.54. The van der Waals surface area contributed by atoms with Crippen LogP contribution in [0.2, 0.25) is 0 Å². The molecule has 2 aromatic heterocycles. The molecule has 2 atom stereocenters. The van der Waals surface area contributed by atoms with Crippen LogP contribution in [0.4, 0.5) is 11.6 Å². The summed E-state index contributed by atoms with van der Waals surface area (Å²) in [6, 6.07) is 7.40. The quantitative estimate of drug-likeness (QED) is 0.534. The van der Waals surface area contributed by atoms with Gasteiger partial charge in [0.2, 0.25) is 21.9 Å². The molecule has 0 spiro atoms. The second-order valence-electron chi connectivity index (χ2n) is 10.2. The number of fused-ring (bicyclic) bond motifs is 1. The van der Waals surface area contributed by atoms with Gasteiger partial charge in [0, 0.05) is 36.4 Å². The molecular formula is C24H33N7O3S. The molecule has 1 saturated heterocycles. The summed E-state index contributed by atoms with van der Waals surface area (Å²) in [6.45, 7) is 8.70. The van der Waals surface area contributed by atoms with E-state index in [1.165, 1.54) is 6.26 Å². The molecular weight excluding hydrogens is 466 g/mol. The number of imidazole rings is 1. The monoisotopic (exact) mass is 499 g/mol. The number of nitrogens with one attached hydrogen (secondary N) is 2. The van der Waals surface area contributed by atoms with Gasteiger partial charge in [-0.1, -0.05) is 20.8 Å². The Hall–Kier alpha value is -3.05. The molecule has 3 aromatic rings. The van der Waals surface area contributed by atoms with E-state index in [1.54, 1.807) is 22.9 Å². The Bertz CT molecular complexity index is 1330. The number of nitrogens with zero attached hydrogens (tertiary/aromatic N) is 5. The van der Waals surface area contributed by atoms with Gasteiger partial charge in [0.1, 0.15) is 12.1 Å². The van der Waals surface area contributed by atoms with Gasteiger partial charge in [0.05, 0.1) is 17.3 Å². The molecule has 10 nitrogen and oxygen atoms in total. The number of hydrogen-bond donors (Lipinski definition) is 2. The molecule has 2 N–H and O–H groups in total. The van der Waals surface area contributed by atoms with Gasteiger partial charge in [-0.2, -0.15) is 4.98 Å². The highest BCUT2D eigenvalue weighted by Crippen LogP contribution is 2.25. The first-order valence-electron chi connectivity index (χ1n) is 11.8. The van der Waals surface area contributed by atoms with Crippen molar-refractivity contribution in [3.05, 3.63) is 36.8 Å². The molecule has 1 aliphatic heterocycles. The number of rotatable bonds is 6. The van der Waals surface area contributed by atoms with Gasteiger partial charge in [0.15, 0.2) is 0 Å². The van der Waals surface area contributed by atoms with Crippen molar-refractivity contribution in [2.45, 2.75) is 46.6 Å². The number of aromatic nitrogens is 4. The van der Waals surface area contributed by atoms with Crippen molar-refractivity contribution in [1.82, 2.24) is 23.8 Å². The third kappa shape index (κ3) is 5.79. The molecule has 0 radical (unpaired) electrons. The minimum atomic E-state index is -3.20. The van der Waals surface area contributed by atoms with Crippen LogP contribution in [0.5, 0.6) is 0 Å². The van der Waals surface area contributed by atoms with Crippen LogP contribution in [-0.2, 0) is 14.8 Å². The molecule has 0 aliphatic carbocycles. The van der Waals surface area contributed by atoms with Crippen molar-refractivity contribution in [3.63, 3.8) is 0 Å². The smallest absolute Gasteiger partial charge is 0.229 e. The van der Waals surface area contributed by atoms with Gasteiger partial charge in [-0.05, 0) is 49.9 Å². The van der Waals surface area contributed by atoms with Crippen LogP contribution in [0.15, 0.2) is 36.8 Å². The number of amides is 1. The summed E-state index contributed by atoms with van der Waals surface area (Å²) < 4.78 is 27.3. The molecule has 35 heavy (non-hydrogen) atoms. The molecule has 0 saturated carbocycles. The van der Waals surface area contributed by atoms with Gasteiger partial charge in [-0.25, -0.2) is 22.7 Å². The minimum Gasteiger partial charge on any atom is -0.351 e. The van der Waals surface area contributed by atoms with Gasteiger partial charge < -0.3 is 10.6 Å². The largest absolute Gasteiger partial charge is 0.351 e. The van der Waals surface area contributed by atoms with E-state index in [4.69, 9.17) is 0 Å². The fraction of sp³-hybridized carbons (Fsp3) is 0.500. The van der Waals surface area contributed by atoms with Crippen molar-refractivity contribution in [1.29, 1.82) is 0 Å². The Balaban J connectivity index is 1.50. The molecule has 1 aliphatic rings. The predicted molar refractivity (Wildman–Crippen MR) is 137 cm³/mol. The van der Waals surface area contributed by atoms with Crippen LogP contribution < -0.4 is 10.6 Å². The summed E-state index contributed by atoms with van der Waals surface area (Å²) in [4.78, 5) is 25.8. The number of sulfonamides is 1. The van der Waals surface area contributed by atoms with E-state index in [9.17, 15) is 13.2 Å². The molecule has 0 bridgehead atoms. The first-order valence-corrected chi connectivity index (χ1v) is 13.6. The summed E-state index contributed by atoms with van der Waals surface area (Å²) in [5.74, 6) is 1.24. The maximum Gasteiger partial charge on any atom is 0.229 e. The lowest BCUT2D eigenvalue weighted by Crippen LogP contribution is -2.44. The number of benzene rings is 1. The lowest BCUT2D eigenvalue weighted by molar-refractivity contribution is -0.123. The molecule has 1 fully saturated rings. The normalized spacial score (nSPS) is 18.4. The lowest BCUT2D eigenvalue weighted by atomic mass is 9.93. The van der Waals surface area contributed by atoms with Crippen LogP contribution in [0.3, 0.4) is 0 Å². The van der Waals surface area contributed by atoms with E-state index >= 15 is 0 Å². The zero-order valence-electron chi connectivity index (χ0n) is 20.8. The second-order valence-corrected chi connectivity index (χ2v) is 12.2. The number of carbonyl (C=O) groups excluding carboxylic acids is 1. The van der Waals surface area contributed by atoms with E-state index in [-0.39, 0.29) is 17.9 Å². The highest BCUT2D eigenvalue weighted by molar-refractivity contribution is 7.88. The summed E-state index contributed by atoms with van der Waals surface area (Å²) in [5, 5.41) is 6.29. The van der Waals surface area contributed by atoms with E-state index in [1.807, 2.05) is 50.5 Å². The number of carbonyl (C=O) groups is 1. The van der Waals surface area contributed by atoms with Crippen molar-refractivity contribution >= 4 is 38.6 Å². The van der Waals surface area contributed by atoms with Crippen LogP contribution in [-0.4, -0.2) is 63.5 Å². The van der Waals surface area contributed by atoms with E-state index in [0.29, 0.717) is 30.5 Å². The molecule has 1 aromatic carbocycles. The van der Waals surface area contributed by atoms with Crippen molar-refractivity contribution in [3.8, 4) is 5.82 Å². The van der Waals surface area contributed by atoms with Gasteiger partial charge in [-0.3, -0.25) is 9.36 Å². The van der Waals surface area contributed by atoms with E-state index < -0.39 is 15.4 Å². The van der Waals surface area contributed by atoms with Crippen molar-refractivity contribution < 1.29 is 13.2 Å². The SMILES string of the molecule is CC(Nc1nccc(-n2cnc3cc(NC(=O)C(C)(C)C)ccc32)n1)C1CCCN(S(C)(=O)=O)C1. The molecule has 4 rings (SSSR count). The lowest BCUT2D eigenvalue weighted by Gasteiger charge is -2.34. The number of hydrogen-bond acceptors (Lipinski definition) is 7. The average Bonchev–Trinajstić information content (AvgIpc) is 3.21. The van der Waals surface area contributed by atoms with Gasteiger partial charge >= 0.3 is 0 Å². The van der Waals surface area contributed by atoms with Crippen molar-refractivity contribution in [2.75, 3.05) is 30.0 Å². The molecule has 3 heterocycles. The summed E-state index contributed by atoms with van der Waals surface area (Å²) in [5.41, 5.74) is 1.79. The van der Waals surface area contributed by atoms with Gasteiger partial charge in [0.25, 0.3) is 0 Å². The molecule has 1 amide bonds. The Labute approximate surface area is 206 Å². The Morgan fingerprint density at radius 2 is 1.97 bits per heavy atom. The molecule has 2 unspecified atom stereocenters. The standard InChI is InChI=1S/C24H33N7O3S/c1-16(17-7-6-12-30(14-17)35(5,33)34)27-23-25-11-10-21(29-23)31-15-26-19-13-18(8-9-20(19)31)28-22(32)24(2,3)4/h8-11,13,15-17H,6-7,12,14H2,1-5H3,(H,28,32)(H,25,27,29). The first-order chi connectivity index (χ1) is 16.4. The topological polar surface area (TPSA) is 122 Å². The highest BCUT2D eigenvalue weighted by Gasteiger charge is 2.29. The van der Waals surface area contributed by atoms with E-state index in [0.717, 1.165) is 23.9 Å². The van der Waals surface area contributed by atoms with Crippen LogP contribution in [0, 0.1) is 11.3 Å². The van der Waals surface area contributed by atoms with E-state index in [2.05, 4.69) is 25.6 Å². The average molecular weight is 500 g/mol. The third-order valence-corrected chi connectivity index (χ3v) is 7.60. The van der Waals surface area contributed by atoms with Gasteiger partial charge in [-0.15, -0.1) is 0 Å². The fourth-order valence-electron chi connectivity index (χ4n) is 4.15. The maximum atomic E-state index is 12.3. The Kier molecular flexibility index (Phi) is 6.83. The number of anilines is 2. The summed E-state index contributed by atoms with van der Waals surface area (Å²) in [6.07, 6.45) is 6.42. The first kappa shape index (κ1) is 25.1. The van der Waals surface area contributed by atoms with Crippen LogP contribution in [0.1, 0.15) is 40.5 Å². The summed E-state index contributed by atoms with van der Waals surface area (Å²) in [7, 11) is -3.20. The fourth-order valence-corrected chi connectivity index (χ4v) is 5.07. The van der Waals surface area contributed by atoms with Crippen molar-refractivity contribution in [2.24, 2.45) is 11.3 Å². The van der Waals surface area contributed by atoms with Crippen LogP contribution in [0.25, 0.3) is 16.9 Å². The Morgan fingerprint density at radius 1 is 1.20 bits per heavy atom. The zero-order chi connectivity index (χ0) is 25.4. The molecule has 11 heteroatoms.